The van der Waals surface area contributed by atoms with Crippen LogP contribution in [0.1, 0.15) is 30.0 Å². The maximum atomic E-state index is 4.63. The summed E-state index contributed by atoms with van der Waals surface area (Å²) >= 11 is 3.09. The monoisotopic (exact) mass is 341 g/mol. The van der Waals surface area contributed by atoms with Gasteiger partial charge in [-0.25, -0.2) is 0 Å². The number of benzene rings is 1. The summed E-state index contributed by atoms with van der Waals surface area (Å²) in [6.07, 6.45) is 2.68. The third-order valence-corrected chi connectivity index (χ3v) is 6.21. The van der Waals surface area contributed by atoms with Gasteiger partial charge in [-0.2, -0.15) is 8.75 Å². The Labute approximate surface area is 145 Å². The third kappa shape index (κ3) is 3.45. The first-order valence-electron chi connectivity index (χ1n) is 8.11. The molecule has 2 unspecified atom stereocenters. The minimum atomic E-state index is 0.584. The van der Waals surface area contributed by atoms with E-state index in [1.165, 1.54) is 49.9 Å². The third-order valence-electron chi connectivity index (χ3n) is 4.69. The molecular formula is C18H19N3S2. The lowest BCUT2D eigenvalue weighted by Gasteiger charge is -2.21. The molecule has 3 atom stereocenters. The van der Waals surface area contributed by atoms with Crippen molar-refractivity contribution in [1.29, 1.82) is 0 Å². The second-order valence-electron chi connectivity index (χ2n) is 6.18. The number of hydrogen-bond donors (Lipinski definition) is 0. The van der Waals surface area contributed by atoms with Crippen molar-refractivity contribution in [3.8, 4) is 11.8 Å². The Morgan fingerprint density at radius 1 is 1.22 bits per heavy atom. The average Bonchev–Trinajstić information content (AvgIpc) is 3.16. The maximum Gasteiger partial charge on any atom is 0.134 e. The summed E-state index contributed by atoms with van der Waals surface area (Å²) in [5.41, 5.74) is 2.30. The summed E-state index contributed by atoms with van der Waals surface area (Å²) < 4.78 is 9.16. The fraction of sp³-hybridized carbons (Fsp3) is 0.444. The van der Waals surface area contributed by atoms with Crippen molar-refractivity contribution in [3.63, 3.8) is 0 Å². The minimum Gasteiger partial charge on any atom is -0.302 e. The van der Waals surface area contributed by atoms with Crippen molar-refractivity contribution < 1.29 is 0 Å². The molecule has 0 saturated carbocycles. The first-order chi connectivity index (χ1) is 11.4. The molecule has 1 aromatic heterocycles. The van der Waals surface area contributed by atoms with Gasteiger partial charge in [0.15, 0.2) is 0 Å². The standard InChI is InChI=1S/C18H19N3S2/c1-2-6-14(7-3-1)8-5-11-22-18-17(19-23-20-18)16-13-21-10-4-9-15(16)12-21/h1-3,6-7,15-16H,4,9-13H2/t15?,16-/m1/s1. The van der Waals surface area contributed by atoms with Crippen LogP contribution in [0.5, 0.6) is 0 Å². The topological polar surface area (TPSA) is 29.0 Å². The fourth-order valence-corrected chi connectivity index (χ4v) is 5.11. The predicted octanol–water partition coefficient (Wildman–Crippen LogP) is 3.49. The summed E-state index contributed by atoms with van der Waals surface area (Å²) in [4.78, 5) is 2.59. The van der Waals surface area contributed by atoms with Crippen LogP contribution in [0.3, 0.4) is 0 Å². The maximum absolute atomic E-state index is 4.63. The van der Waals surface area contributed by atoms with Gasteiger partial charge in [-0.15, -0.1) is 0 Å². The summed E-state index contributed by atoms with van der Waals surface area (Å²) in [6.45, 7) is 3.68. The molecule has 0 aliphatic carbocycles. The number of piperidine rings is 1. The van der Waals surface area contributed by atoms with Crippen LogP contribution in [-0.2, 0) is 0 Å². The summed E-state index contributed by atoms with van der Waals surface area (Å²) in [7, 11) is 0. The molecule has 3 heterocycles. The summed E-state index contributed by atoms with van der Waals surface area (Å²) in [5.74, 6) is 8.59. The van der Waals surface area contributed by atoms with Crippen LogP contribution in [0.2, 0.25) is 0 Å². The molecule has 2 bridgehead atoms. The Morgan fingerprint density at radius 2 is 2.13 bits per heavy atom. The van der Waals surface area contributed by atoms with Crippen LogP contribution in [0.25, 0.3) is 0 Å². The molecule has 118 valence electrons. The van der Waals surface area contributed by atoms with Crippen LogP contribution >= 0.6 is 23.5 Å². The highest BCUT2D eigenvalue weighted by Gasteiger charge is 2.38. The molecule has 2 aliphatic rings. The molecular weight excluding hydrogens is 322 g/mol. The van der Waals surface area contributed by atoms with Gasteiger partial charge in [-0.05, 0) is 37.4 Å². The van der Waals surface area contributed by atoms with E-state index in [4.69, 9.17) is 0 Å². The van der Waals surface area contributed by atoms with Gasteiger partial charge in [0.25, 0.3) is 0 Å². The molecule has 2 aliphatic heterocycles. The van der Waals surface area contributed by atoms with Crippen molar-refractivity contribution in [1.82, 2.24) is 13.6 Å². The molecule has 2 fully saturated rings. The number of rotatable bonds is 3. The molecule has 23 heavy (non-hydrogen) atoms. The van der Waals surface area contributed by atoms with Gasteiger partial charge >= 0.3 is 0 Å². The molecule has 5 heteroatoms. The van der Waals surface area contributed by atoms with Gasteiger partial charge in [0.2, 0.25) is 0 Å². The van der Waals surface area contributed by atoms with E-state index >= 15 is 0 Å². The number of aromatic nitrogens is 2. The van der Waals surface area contributed by atoms with E-state index in [-0.39, 0.29) is 0 Å². The zero-order valence-corrected chi connectivity index (χ0v) is 14.6. The SMILES string of the molecule is C(#Cc1ccccc1)CSc1nsnc1[C@@H]1CN2CCCC1C2. The molecule has 1 aromatic carbocycles. The Balaban J connectivity index is 1.41. The van der Waals surface area contributed by atoms with Crippen molar-refractivity contribution >= 4 is 23.5 Å². The zero-order chi connectivity index (χ0) is 15.5. The van der Waals surface area contributed by atoms with E-state index in [1.807, 2.05) is 30.3 Å². The molecule has 3 nitrogen and oxygen atoms in total. The molecule has 0 radical (unpaired) electrons. The van der Waals surface area contributed by atoms with E-state index in [9.17, 15) is 0 Å². The van der Waals surface area contributed by atoms with Gasteiger partial charge in [-0.3, -0.25) is 0 Å². The Bertz CT molecular complexity index is 717. The van der Waals surface area contributed by atoms with Gasteiger partial charge in [0.1, 0.15) is 5.03 Å². The lowest BCUT2D eigenvalue weighted by Crippen LogP contribution is -2.25. The summed E-state index contributed by atoms with van der Waals surface area (Å²) in [5, 5.41) is 1.11. The fourth-order valence-electron chi connectivity index (χ4n) is 3.60. The first-order valence-corrected chi connectivity index (χ1v) is 9.83. The molecule has 2 saturated heterocycles. The normalized spacial score (nSPS) is 25.8. The number of thioether (sulfide) groups is 1. The number of hydrogen-bond acceptors (Lipinski definition) is 5. The lowest BCUT2D eigenvalue weighted by atomic mass is 9.89. The Hall–Kier alpha value is -1.35. The second-order valence-corrected chi connectivity index (χ2v) is 7.67. The van der Waals surface area contributed by atoms with Crippen molar-refractivity contribution in [2.45, 2.75) is 23.8 Å². The van der Waals surface area contributed by atoms with Crippen molar-refractivity contribution in [3.05, 3.63) is 41.6 Å². The van der Waals surface area contributed by atoms with Gasteiger partial charge in [-0.1, -0.05) is 41.8 Å². The van der Waals surface area contributed by atoms with E-state index in [1.54, 1.807) is 11.8 Å². The largest absolute Gasteiger partial charge is 0.302 e. The first kappa shape index (κ1) is 15.2. The van der Waals surface area contributed by atoms with E-state index in [2.05, 4.69) is 25.5 Å². The predicted molar refractivity (Wildman–Crippen MR) is 95.9 cm³/mol. The van der Waals surface area contributed by atoms with Gasteiger partial charge < -0.3 is 4.90 Å². The van der Waals surface area contributed by atoms with Gasteiger partial charge in [0.05, 0.1) is 23.2 Å². The highest BCUT2D eigenvalue weighted by molar-refractivity contribution is 7.99. The molecule has 2 aromatic rings. The van der Waals surface area contributed by atoms with Crippen molar-refractivity contribution in [2.24, 2.45) is 5.92 Å². The second kappa shape index (κ2) is 7.04. The van der Waals surface area contributed by atoms with Gasteiger partial charge in [0, 0.05) is 24.6 Å². The zero-order valence-electron chi connectivity index (χ0n) is 12.9. The average molecular weight is 342 g/mol. The lowest BCUT2D eigenvalue weighted by molar-refractivity contribution is 0.269. The summed E-state index contributed by atoms with van der Waals surface area (Å²) in [6, 6.07) is 10.1. The Kier molecular flexibility index (Phi) is 4.65. The van der Waals surface area contributed by atoms with Crippen LogP contribution in [-0.4, -0.2) is 39.0 Å². The quantitative estimate of drug-likeness (QED) is 0.631. The number of nitrogens with zero attached hydrogens (tertiary/aromatic N) is 3. The highest BCUT2D eigenvalue weighted by atomic mass is 32.2. The van der Waals surface area contributed by atoms with Crippen LogP contribution in [0, 0.1) is 17.8 Å². The Morgan fingerprint density at radius 3 is 3.00 bits per heavy atom. The molecule has 0 amide bonds. The number of fused-ring (bicyclic) bond motifs is 2. The molecule has 0 spiro atoms. The van der Waals surface area contributed by atoms with Crippen LogP contribution in [0.4, 0.5) is 0 Å². The van der Waals surface area contributed by atoms with Crippen LogP contribution < -0.4 is 0 Å². The van der Waals surface area contributed by atoms with E-state index < -0.39 is 0 Å². The van der Waals surface area contributed by atoms with Crippen LogP contribution in [0.15, 0.2) is 35.4 Å². The minimum absolute atomic E-state index is 0.584. The highest BCUT2D eigenvalue weighted by Crippen LogP contribution is 2.41. The molecule has 0 N–H and O–H groups in total. The smallest absolute Gasteiger partial charge is 0.134 e. The van der Waals surface area contributed by atoms with E-state index in [0.29, 0.717) is 5.92 Å². The molecule has 4 rings (SSSR count). The van der Waals surface area contributed by atoms with Crippen molar-refractivity contribution in [2.75, 3.05) is 25.4 Å². The van der Waals surface area contributed by atoms with E-state index in [0.717, 1.165) is 22.3 Å².